The van der Waals surface area contributed by atoms with Crippen molar-refractivity contribution in [1.29, 1.82) is 0 Å². The largest absolute Gasteiger partial charge is 0.217 e. The lowest BCUT2D eigenvalue weighted by atomic mass is 10.2. The summed E-state index contributed by atoms with van der Waals surface area (Å²) >= 11 is 0. The normalized spacial score (nSPS) is 29.7. The molecule has 8 nitrogen and oxygen atoms in total. The molecule has 0 aromatic carbocycles. The van der Waals surface area contributed by atoms with Crippen molar-refractivity contribution in [1.82, 2.24) is 0 Å². The fraction of sp³-hybridized carbons (Fsp3) is 1.00. The highest BCUT2D eigenvalue weighted by atomic mass is 33.1. The summed E-state index contributed by atoms with van der Waals surface area (Å²) in [4.78, 5) is 5.10. The molecule has 1 saturated heterocycles. The molecule has 10 heteroatoms. The summed E-state index contributed by atoms with van der Waals surface area (Å²) in [7, 11) is -2.51. The van der Waals surface area contributed by atoms with Crippen molar-refractivity contribution >= 4 is 19.7 Å². The molecule has 0 radical (unpaired) electrons. The highest BCUT2D eigenvalue weighted by Crippen LogP contribution is 2.27. The van der Waals surface area contributed by atoms with Crippen LogP contribution >= 0.6 is 10.8 Å². The van der Waals surface area contributed by atoms with Gasteiger partial charge in [-0.15, -0.1) is 0 Å². The molecule has 0 aromatic rings. The van der Waals surface area contributed by atoms with E-state index in [1.807, 2.05) is 0 Å². The Morgan fingerprint density at radius 2 is 1.79 bits per heavy atom. The van der Waals surface area contributed by atoms with Gasteiger partial charge < -0.3 is 0 Å². The second-order valence-electron chi connectivity index (χ2n) is 2.55. The smallest absolute Gasteiger partial charge is 0.201 e. The first-order valence-corrected chi connectivity index (χ1v) is 6.70. The summed E-state index contributed by atoms with van der Waals surface area (Å²) in [6.45, 7) is 0. The third kappa shape index (κ3) is 2.71. The number of azide groups is 2. The SMILES string of the molecule is [N-]=[N+]=NC1CSS(=O)(=O)CC1N=[N+]=[N-]. The molecule has 2 unspecified atom stereocenters. The molecule has 1 aliphatic rings. The maximum atomic E-state index is 11.1. The van der Waals surface area contributed by atoms with Gasteiger partial charge in [0.1, 0.15) is 0 Å². The molecule has 1 heterocycles. The molecule has 0 amide bonds. The molecule has 1 rings (SSSR count). The Labute approximate surface area is 83.2 Å². The quantitative estimate of drug-likeness (QED) is 0.309. The molecule has 1 fully saturated rings. The summed E-state index contributed by atoms with van der Waals surface area (Å²) in [6, 6.07) is -1.37. The van der Waals surface area contributed by atoms with Gasteiger partial charge in [0.25, 0.3) is 0 Å². The molecule has 2 atom stereocenters. The van der Waals surface area contributed by atoms with Crippen molar-refractivity contribution in [2.75, 3.05) is 11.5 Å². The minimum absolute atomic E-state index is 0.135. The molecule has 0 spiro atoms. The van der Waals surface area contributed by atoms with E-state index in [-0.39, 0.29) is 11.5 Å². The van der Waals surface area contributed by atoms with Crippen LogP contribution in [0.15, 0.2) is 10.2 Å². The van der Waals surface area contributed by atoms with Gasteiger partial charge in [0.15, 0.2) is 0 Å². The zero-order valence-corrected chi connectivity index (χ0v) is 8.52. The van der Waals surface area contributed by atoms with Crippen LogP contribution in [0.2, 0.25) is 0 Å². The predicted octanol–water partition coefficient (Wildman–Crippen LogP) is 1.42. The third-order valence-corrected chi connectivity index (χ3v) is 5.12. The van der Waals surface area contributed by atoms with E-state index in [0.29, 0.717) is 0 Å². The molecule has 0 aromatic heterocycles. The van der Waals surface area contributed by atoms with Crippen LogP contribution in [0.1, 0.15) is 0 Å². The van der Waals surface area contributed by atoms with Crippen LogP contribution < -0.4 is 0 Å². The lowest BCUT2D eigenvalue weighted by Gasteiger charge is -2.23. The monoisotopic (exact) mass is 234 g/mol. The summed E-state index contributed by atoms with van der Waals surface area (Å²) in [5.74, 6) is -0.137. The fourth-order valence-electron chi connectivity index (χ4n) is 1.01. The van der Waals surface area contributed by atoms with Crippen molar-refractivity contribution in [2.45, 2.75) is 12.1 Å². The van der Waals surface area contributed by atoms with Gasteiger partial charge in [-0.2, -0.15) is 0 Å². The third-order valence-electron chi connectivity index (χ3n) is 1.64. The van der Waals surface area contributed by atoms with Gasteiger partial charge in [-0.25, -0.2) is 8.42 Å². The lowest BCUT2D eigenvalue weighted by Crippen LogP contribution is -2.35. The van der Waals surface area contributed by atoms with Crippen molar-refractivity contribution in [3.05, 3.63) is 20.9 Å². The molecule has 76 valence electrons. The Bertz CT molecular complexity index is 406. The number of nitrogens with zero attached hydrogens (tertiary/aromatic N) is 6. The van der Waals surface area contributed by atoms with E-state index < -0.39 is 21.0 Å². The van der Waals surface area contributed by atoms with E-state index in [9.17, 15) is 8.42 Å². The molecule has 0 aliphatic carbocycles. The van der Waals surface area contributed by atoms with Crippen LogP contribution in [0, 0.1) is 0 Å². The van der Waals surface area contributed by atoms with E-state index in [0.717, 1.165) is 10.8 Å². The lowest BCUT2D eigenvalue weighted by molar-refractivity contribution is 0.566. The van der Waals surface area contributed by atoms with E-state index in [1.54, 1.807) is 0 Å². The van der Waals surface area contributed by atoms with Gasteiger partial charge >= 0.3 is 0 Å². The Balaban J connectivity index is 2.91. The minimum atomic E-state index is -3.24. The highest BCUT2D eigenvalue weighted by molar-refractivity contribution is 8.72. The zero-order chi connectivity index (χ0) is 10.6. The Morgan fingerprint density at radius 3 is 2.36 bits per heavy atom. The fourth-order valence-corrected chi connectivity index (χ4v) is 4.19. The predicted molar refractivity (Wildman–Crippen MR) is 52.1 cm³/mol. The Hall–Kier alpha value is -1.08. The van der Waals surface area contributed by atoms with Gasteiger partial charge in [0.2, 0.25) is 8.87 Å². The van der Waals surface area contributed by atoms with E-state index >= 15 is 0 Å². The molecule has 14 heavy (non-hydrogen) atoms. The summed E-state index contributed by atoms with van der Waals surface area (Å²) in [5, 5.41) is 6.68. The Morgan fingerprint density at radius 1 is 1.21 bits per heavy atom. The number of hydrogen-bond acceptors (Lipinski definition) is 5. The van der Waals surface area contributed by atoms with E-state index in [4.69, 9.17) is 11.1 Å². The number of hydrogen-bond donors (Lipinski definition) is 0. The van der Waals surface area contributed by atoms with Crippen molar-refractivity contribution in [2.24, 2.45) is 10.2 Å². The van der Waals surface area contributed by atoms with Gasteiger partial charge in [0, 0.05) is 15.6 Å². The number of rotatable bonds is 2. The maximum absolute atomic E-state index is 11.1. The first-order valence-electron chi connectivity index (χ1n) is 3.54. The topological polar surface area (TPSA) is 132 Å². The summed E-state index contributed by atoms with van der Waals surface area (Å²) < 4.78 is 22.3. The Kier molecular flexibility index (Phi) is 3.48. The average molecular weight is 234 g/mol. The molecule has 0 bridgehead atoms. The van der Waals surface area contributed by atoms with Crippen molar-refractivity contribution in [3.8, 4) is 0 Å². The highest BCUT2D eigenvalue weighted by Gasteiger charge is 2.32. The van der Waals surface area contributed by atoms with E-state index in [2.05, 4.69) is 20.1 Å². The van der Waals surface area contributed by atoms with Crippen LogP contribution in [0.25, 0.3) is 20.9 Å². The molecule has 1 aliphatic heterocycles. The summed E-state index contributed by atoms with van der Waals surface area (Å²) in [6.07, 6.45) is 0. The van der Waals surface area contributed by atoms with Crippen LogP contribution in [0.4, 0.5) is 0 Å². The average Bonchev–Trinajstić information content (AvgIpc) is 2.10. The van der Waals surface area contributed by atoms with Gasteiger partial charge in [-0.05, 0) is 21.9 Å². The first kappa shape index (κ1) is 11.0. The second-order valence-corrected chi connectivity index (χ2v) is 6.80. The second kappa shape index (κ2) is 4.43. The summed E-state index contributed by atoms with van der Waals surface area (Å²) in [5.41, 5.74) is 16.4. The van der Waals surface area contributed by atoms with Gasteiger partial charge in [-0.3, -0.25) is 0 Å². The van der Waals surface area contributed by atoms with Crippen LogP contribution in [-0.4, -0.2) is 32.0 Å². The maximum Gasteiger partial charge on any atom is 0.201 e. The van der Waals surface area contributed by atoms with Gasteiger partial charge in [0.05, 0.1) is 17.8 Å². The molecule has 0 saturated carbocycles. The van der Waals surface area contributed by atoms with E-state index in [1.165, 1.54) is 0 Å². The standard InChI is InChI=1S/C4H6N6O2S2/c5-9-7-3-1-13-14(11,12)2-4(3)8-10-6/h3-4H,1-2H2. The molecular weight excluding hydrogens is 228 g/mol. The zero-order valence-electron chi connectivity index (χ0n) is 6.89. The van der Waals surface area contributed by atoms with Crippen molar-refractivity contribution < 1.29 is 8.42 Å². The first-order chi connectivity index (χ1) is 6.59. The van der Waals surface area contributed by atoms with Crippen LogP contribution in [0.5, 0.6) is 0 Å². The van der Waals surface area contributed by atoms with Crippen molar-refractivity contribution in [3.63, 3.8) is 0 Å². The minimum Gasteiger partial charge on any atom is -0.217 e. The van der Waals surface area contributed by atoms with Crippen LogP contribution in [-0.2, 0) is 8.87 Å². The van der Waals surface area contributed by atoms with Gasteiger partial charge in [-0.1, -0.05) is 10.2 Å². The van der Waals surface area contributed by atoms with Crippen LogP contribution in [0.3, 0.4) is 0 Å². The molecule has 0 N–H and O–H groups in total. The molecular formula is C4H6N6O2S2.